The predicted octanol–water partition coefficient (Wildman–Crippen LogP) is 0.827. The first-order valence-corrected chi connectivity index (χ1v) is 9.13. The topological polar surface area (TPSA) is 64.7 Å². The molecule has 1 rings (SSSR count). The van der Waals surface area contributed by atoms with Gasteiger partial charge in [0.05, 0.1) is 13.1 Å². The van der Waals surface area contributed by atoms with Gasteiger partial charge in [-0.25, -0.2) is 0 Å². The highest BCUT2D eigenvalue weighted by molar-refractivity contribution is 5.78. The largest absolute Gasteiger partial charge is 0.355 e. The highest BCUT2D eigenvalue weighted by Crippen LogP contribution is 2.02. The van der Waals surface area contributed by atoms with E-state index in [4.69, 9.17) is 0 Å². The Morgan fingerprint density at radius 3 is 1.61 bits per heavy atom. The van der Waals surface area contributed by atoms with Crippen LogP contribution in [0.25, 0.3) is 0 Å². The van der Waals surface area contributed by atoms with Crippen LogP contribution in [0.2, 0.25) is 0 Å². The summed E-state index contributed by atoms with van der Waals surface area (Å²) in [6, 6.07) is 0. The van der Waals surface area contributed by atoms with Gasteiger partial charge < -0.3 is 10.6 Å². The van der Waals surface area contributed by atoms with Gasteiger partial charge in [-0.2, -0.15) is 0 Å². The van der Waals surface area contributed by atoms with Crippen molar-refractivity contribution in [3.63, 3.8) is 0 Å². The summed E-state index contributed by atoms with van der Waals surface area (Å²) in [5.41, 5.74) is 0. The van der Waals surface area contributed by atoms with Crippen molar-refractivity contribution in [2.45, 2.75) is 46.0 Å². The van der Waals surface area contributed by atoms with Crippen molar-refractivity contribution in [1.82, 2.24) is 20.4 Å². The normalized spacial score (nSPS) is 16.8. The second-order valence-electron chi connectivity index (χ2n) is 6.31. The van der Waals surface area contributed by atoms with Crippen LogP contribution >= 0.6 is 0 Å². The predicted molar refractivity (Wildman–Crippen MR) is 93.3 cm³/mol. The summed E-state index contributed by atoms with van der Waals surface area (Å²) < 4.78 is 0. The van der Waals surface area contributed by atoms with E-state index < -0.39 is 0 Å². The summed E-state index contributed by atoms with van der Waals surface area (Å²) >= 11 is 0. The lowest BCUT2D eigenvalue weighted by molar-refractivity contribution is -0.123. The van der Waals surface area contributed by atoms with E-state index in [2.05, 4.69) is 34.3 Å². The van der Waals surface area contributed by atoms with Gasteiger partial charge in [0.1, 0.15) is 0 Å². The van der Waals surface area contributed by atoms with Crippen LogP contribution in [-0.4, -0.2) is 74.0 Å². The number of nitrogens with one attached hydrogen (secondary N) is 2. The van der Waals surface area contributed by atoms with Crippen molar-refractivity contribution in [2.75, 3.05) is 52.4 Å². The minimum atomic E-state index is 0.115. The molecule has 0 bridgehead atoms. The van der Waals surface area contributed by atoms with E-state index in [1.54, 1.807) is 0 Å². The van der Waals surface area contributed by atoms with Crippen molar-refractivity contribution < 1.29 is 9.59 Å². The van der Waals surface area contributed by atoms with Crippen LogP contribution < -0.4 is 10.6 Å². The lowest BCUT2D eigenvalue weighted by Gasteiger charge is -2.21. The zero-order valence-corrected chi connectivity index (χ0v) is 14.9. The molecular formula is C17H34N4O2. The summed E-state index contributed by atoms with van der Waals surface area (Å²) in [7, 11) is 0. The van der Waals surface area contributed by atoms with Crippen LogP contribution in [-0.2, 0) is 9.59 Å². The average Bonchev–Trinajstić information content (AvgIpc) is 2.73. The van der Waals surface area contributed by atoms with Crippen molar-refractivity contribution in [2.24, 2.45) is 0 Å². The standard InChI is InChI=1S/C17H34N4O2/c1-3-5-8-18-16(22)14-20-10-7-11-21(13-12-20)15-17(23)19-9-6-4-2/h3-15H2,1-2H3,(H,18,22)(H,19,23). The molecule has 0 atom stereocenters. The Balaban J connectivity index is 2.22. The Labute approximate surface area is 141 Å². The molecule has 0 spiro atoms. The molecule has 1 aliphatic heterocycles. The molecule has 0 aliphatic carbocycles. The first-order chi connectivity index (χ1) is 11.2. The molecule has 1 saturated heterocycles. The molecule has 0 radical (unpaired) electrons. The zero-order chi connectivity index (χ0) is 16.9. The molecule has 2 amide bonds. The van der Waals surface area contributed by atoms with Crippen molar-refractivity contribution in [3.8, 4) is 0 Å². The number of amides is 2. The van der Waals surface area contributed by atoms with Gasteiger partial charge >= 0.3 is 0 Å². The summed E-state index contributed by atoms with van der Waals surface area (Å²) in [4.78, 5) is 28.1. The van der Waals surface area contributed by atoms with E-state index in [9.17, 15) is 9.59 Å². The molecule has 0 aromatic carbocycles. The number of carbonyl (C=O) groups excluding carboxylic acids is 2. The third-order valence-electron chi connectivity index (χ3n) is 4.12. The lowest BCUT2D eigenvalue weighted by Crippen LogP contribution is -2.41. The van der Waals surface area contributed by atoms with Crippen molar-refractivity contribution in [3.05, 3.63) is 0 Å². The summed E-state index contributed by atoms with van der Waals surface area (Å²) in [6.07, 6.45) is 5.27. The van der Waals surface area contributed by atoms with Gasteiger partial charge in [-0.1, -0.05) is 26.7 Å². The Kier molecular flexibility index (Phi) is 10.6. The van der Waals surface area contributed by atoms with Gasteiger partial charge in [0.15, 0.2) is 0 Å². The summed E-state index contributed by atoms with van der Waals surface area (Å²) in [6.45, 7) is 10.3. The molecule has 0 aromatic heterocycles. The molecule has 134 valence electrons. The highest BCUT2D eigenvalue weighted by Gasteiger charge is 2.18. The Morgan fingerprint density at radius 1 is 0.783 bits per heavy atom. The quantitative estimate of drug-likeness (QED) is 0.584. The number of hydrogen-bond acceptors (Lipinski definition) is 4. The zero-order valence-electron chi connectivity index (χ0n) is 14.9. The fraction of sp³-hybridized carbons (Fsp3) is 0.882. The van der Waals surface area contributed by atoms with Crippen molar-refractivity contribution in [1.29, 1.82) is 0 Å². The van der Waals surface area contributed by atoms with Gasteiger partial charge in [0.25, 0.3) is 0 Å². The molecule has 1 fully saturated rings. The second kappa shape index (κ2) is 12.3. The number of carbonyl (C=O) groups is 2. The van der Waals surface area contributed by atoms with E-state index in [0.717, 1.165) is 71.4 Å². The van der Waals surface area contributed by atoms with Crippen LogP contribution in [0.3, 0.4) is 0 Å². The first-order valence-electron chi connectivity index (χ1n) is 9.13. The lowest BCUT2D eigenvalue weighted by atomic mass is 10.3. The number of unbranched alkanes of at least 4 members (excludes halogenated alkanes) is 2. The Bertz CT molecular complexity index is 317. The maximum Gasteiger partial charge on any atom is 0.234 e. The third-order valence-corrected chi connectivity index (χ3v) is 4.12. The second-order valence-corrected chi connectivity index (χ2v) is 6.31. The van der Waals surface area contributed by atoms with Crippen LogP contribution in [0.4, 0.5) is 0 Å². The minimum absolute atomic E-state index is 0.115. The van der Waals surface area contributed by atoms with Gasteiger partial charge in [-0.15, -0.1) is 0 Å². The third kappa shape index (κ3) is 9.56. The van der Waals surface area contributed by atoms with E-state index in [1.807, 2.05) is 0 Å². The number of hydrogen-bond donors (Lipinski definition) is 2. The SMILES string of the molecule is CCCCNC(=O)CN1CCCN(CC(=O)NCCCC)CC1. The Morgan fingerprint density at radius 2 is 1.22 bits per heavy atom. The first kappa shape index (κ1) is 19.9. The van der Waals surface area contributed by atoms with Crippen LogP contribution in [0.1, 0.15) is 46.0 Å². The molecular weight excluding hydrogens is 292 g/mol. The maximum atomic E-state index is 11.9. The molecule has 1 heterocycles. The smallest absolute Gasteiger partial charge is 0.234 e. The molecule has 0 aromatic rings. The molecule has 2 N–H and O–H groups in total. The molecule has 6 heteroatoms. The summed E-state index contributed by atoms with van der Waals surface area (Å²) in [5, 5.41) is 5.93. The number of rotatable bonds is 10. The van der Waals surface area contributed by atoms with E-state index in [-0.39, 0.29) is 11.8 Å². The fourth-order valence-corrected chi connectivity index (χ4v) is 2.67. The van der Waals surface area contributed by atoms with Gasteiger partial charge in [-0.3, -0.25) is 19.4 Å². The maximum absolute atomic E-state index is 11.9. The van der Waals surface area contributed by atoms with Gasteiger partial charge in [0, 0.05) is 26.2 Å². The molecule has 23 heavy (non-hydrogen) atoms. The van der Waals surface area contributed by atoms with E-state index in [1.165, 1.54) is 0 Å². The average molecular weight is 326 g/mol. The van der Waals surface area contributed by atoms with Crippen LogP contribution in [0.15, 0.2) is 0 Å². The highest BCUT2D eigenvalue weighted by atomic mass is 16.2. The monoisotopic (exact) mass is 326 g/mol. The van der Waals surface area contributed by atoms with E-state index in [0.29, 0.717) is 13.1 Å². The number of nitrogens with zero attached hydrogens (tertiary/aromatic N) is 2. The Hall–Kier alpha value is -1.14. The minimum Gasteiger partial charge on any atom is -0.355 e. The van der Waals surface area contributed by atoms with Crippen molar-refractivity contribution >= 4 is 11.8 Å². The molecule has 6 nitrogen and oxygen atoms in total. The van der Waals surface area contributed by atoms with Crippen LogP contribution in [0, 0.1) is 0 Å². The van der Waals surface area contributed by atoms with Gasteiger partial charge in [-0.05, 0) is 32.4 Å². The molecule has 0 unspecified atom stereocenters. The van der Waals surface area contributed by atoms with Crippen LogP contribution in [0.5, 0.6) is 0 Å². The molecule has 0 saturated carbocycles. The molecule has 1 aliphatic rings. The fourth-order valence-electron chi connectivity index (χ4n) is 2.67. The van der Waals surface area contributed by atoms with E-state index >= 15 is 0 Å². The summed E-state index contributed by atoms with van der Waals surface area (Å²) in [5.74, 6) is 0.230. The van der Waals surface area contributed by atoms with Gasteiger partial charge in [0.2, 0.25) is 11.8 Å².